The standard InChI is InChI=1S/C17H31N3O2.2ClH/c1-19(10-13-2-3-13)11-14-4-7-20(12-14)17(21)16(18)15-5-8-22-9-6-15;;/h13-16H,2-12,18H2,1H3;2*1H. The summed E-state index contributed by atoms with van der Waals surface area (Å²) in [6, 6.07) is -0.327. The van der Waals surface area contributed by atoms with Crippen LogP contribution in [0.5, 0.6) is 0 Å². The normalized spacial score (nSPS) is 26.0. The molecule has 3 fully saturated rings. The molecule has 5 nitrogen and oxygen atoms in total. The number of carbonyl (C=O) groups excluding carboxylic acids is 1. The van der Waals surface area contributed by atoms with Crippen LogP contribution >= 0.6 is 24.8 Å². The lowest BCUT2D eigenvalue weighted by atomic mass is 9.91. The maximum Gasteiger partial charge on any atom is 0.239 e. The second-order valence-corrected chi connectivity index (χ2v) is 7.58. The third-order valence-corrected chi connectivity index (χ3v) is 5.49. The molecular formula is C17H33Cl2N3O2. The summed E-state index contributed by atoms with van der Waals surface area (Å²) in [5.41, 5.74) is 6.24. The SMILES string of the molecule is CN(CC1CC1)CC1CCN(C(=O)C(N)C2CCOCC2)C1.Cl.Cl. The highest BCUT2D eigenvalue weighted by Crippen LogP contribution is 2.30. The van der Waals surface area contributed by atoms with Crippen molar-refractivity contribution in [2.75, 3.05) is 46.4 Å². The number of halogens is 2. The highest BCUT2D eigenvalue weighted by Gasteiger charge is 2.34. The number of amides is 1. The maximum atomic E-state index is 12.6. The Morgan fingerprint density at radius 2 is 1.75 bits per heavy atom. The van der Waals surface area contributed by atoms with Gasteiger partial charge in [-0.25, -0.2) is 0 Å². The summed E-state index contributed by atoms with van der Waals surface area (Å²) in [4.78, 5) is 17.1. The quantitative estimate of drug-likeness (QED) is 0.761. The number of nitrogens with zero attached hydrogens (tertiary/aromatic N) is 2. The molecule has 7 heteroatoms. The van der Waals surface area contributed by atoms with Gasteiger partial charge in [0.15, 0.2) is 0 Å². The van der Waals surface area contributed by atoms with E-state index < -0.39 is 0 Å². The summed E-state index contributed by atoms with van der Waals surface area (Å²) in [7, 11) is 2.22. The van der Waals surface area contributed by atoms with E-state index in [0.29, 0.717) is 11.8 Å². The van der Waals surface area contributed by atoms with Crippen LogP contribution in [0.15, 0.2) is 0 Å². The Morgan fingerprint density at radius 1 is 1.12 bits per heavy atom. The molecule has 2 N–H and O–H groups in total. The van der Waals surface area contributed by atoms with E-state index in [0.717, 1.165) is 58.0 Å². The van der Waals surface area contributed by atoms with Crippen molar-refractivity contribution < 1.29 is 9.53 Å². The second kappa shape index (κ2) is 10.2. The molecule has 3 aliphatic rings. The Kier molecular flexibility index (Phi) is 9.31. The largest absolute Gasteiger partial charge is 0.381 e. The number of ether oxygens (including phenoxy) is 1. The highest BCUT2D eigenvalue weighted by molar-refractivity contribution is 5.85. The summed E-state index contributed by atoms with van der Waals surface area (Å²) in [5, 5.41) is 0. The van der Waals surface area contributed by atoms with Crippen LogP contribution in [0.1, 0.15) is 32.1 Å². The lowest BCUT2D eigenvalue weighted by molar-refractivity contribution is -0.133. The molecule has 142 valence electrons. The third-order valence-electron chi connectivity index (χ3n) is 5.49. The Hall–Kier alpha value is -0.0700. The van der Waals surface area contributed by atoms with Crippen LogP contribution in [0.4, 0.5) is 0 Å². The molecule has 2 aliphatic heterocycles. The number of hydrogen-bond donors (Lipinski definition) is 1. The first-order valence-electron chi connectivity index (χ1n) is 8.94. The molecule has 3 rings (SSSR count). The zero-order chi connectivity index (χ0) is 15.5. The fourth-order valence-corrected chi connectivity index (χ4v) is 3.93. The third kappa shape index (κ3) is 6.03. The van der Waals surface area contributed by atoms with Gasteiger partial charge in [0.25, 0.3) is 0 Å². The van der Waals surface area contributed by atoms with E-state index in [-0.39, 0.29) is 36.8 Å². The van der Waals surface area contributed by atoms with Gasteiger partial charge in [0.05, 0.1) is 6.04 Å². The minimum Gasteiger partial charge on any atom is -0.381 e. The molecule has 1 aliphatic carbocycles. The fraction of sp³-hybridized carbons (Fsp3) is 0.941. The van der Waals surface area contributed by atoms with Crippen LogP contribution in [0.2, 0.25) is 0 Å². The minimum atomic E-state index is -0.327. The summed E-state index contributed by atoms with van der Waals surface area (Å²) < 4.78 is 5.37. The Balaban J connectivity index is 0.00000144. The summed E-state index contributed by atoms with van der Waals surface area (Å²) in [5.74, 6) is 2.03. The van der Waals surface area contributed by atoms with E-state index in [1.165, 1.54) is 19.4 Å². The molecule has 24 heavy (non-hydrogen) atoms. The molecule has 0 bridgehead atoms. The lowest BCUT2D eigenvalue weighted by Crippen LogP contribution is -2.48. The number of rotatable bonds is 6. The van der Waals surface area contributed by atoms with Crippen molar-refractivity contribution in [3.8, 4) is 0 Å². The molecule has 1 amide bonds. The van der Waals surface area contributed by atoms with E-state index in [2.05, 4.69) is 11.9 Å². The molecule has 0 aromatic carbocycles. The molecule has 0 spiro atoms. The van der Waals surface area contributed by atoms with Gasteiger partial charge in [-0.2, -0.15) is 0 Å². The lowest BCUT2D eigenvalue weighted by Gasteiger charge is -2.30. The van der Waals surface area contributed by atoms with Crippen molar-refractivity contribution in [3.05, 3.63) is 0 Å². The molecular weight excluding hydrogens is 349 g/mol. The summed E-state index contributed by atoms with van der Waals surface area (Å²) >= 11 is 0. The number of carbonyl (C=O) groups is 1. The van der Waals surface area contributed by atoms with Gasteiger partial charge >= 0.3 is 0 Å². The maximum absolute atomic E-state index is 12.6. The number of likely N-dealkylation sites (tertiary alicyclic amines) is 1. The van der Waals surface area contributed by atoms with Crippen molar-refractivity contribution in [2.45, 2.75) is 38.1 Å². The topological polar surface area (TPSA) is 58.8 Å². The Morgan fingerprint density at radius 3 is 2.38 bits per heavy atom. The number of nitrogens with two attached hydrogens (primary N) is 1. The van der Waals surface area contributed by atoms with Gasteiger partial charge in [0.2, 0.25) is 5.91 Å². The van der Waals surface area contributed by atoms with E-state index in [4.69, 9.17) is 10.5 Å². The van der Waals surface area contributed by atoms with Crippen LogP contribution in [0.25, 0.3) is 0 Å². The van der Waals surface area contributed by atoms with Crippen molar-refractivity contribution in [2.24, 2.45) is 23.5 Å². The Labute approximate surface area is 158 Å². The van der Waals surface area contributed by atoms with E-state index in [1.54, 1.807) is 0 Å². The predicted octanol–water partition coefficient (Wildman–Crippen LogP) is 1.77. The predicted molar refractivity (Wildman–Crippen MR) is 101 cm³/mol. The van der Waals surface area contributed by atoms with Gasteiger partial charge in [-0.15, -0.1) is 24.8 Å². The van der Waals surface area contributed by atoms with Crippen LogP contribution < -0.4 is 5.73 Å². The zero-order valence-electron chi connectivity index (χ0n) is 14.7. The van der Waals surface area contributed by atoms with Crippen molar-refractivity contribution in [3.63, 3.8) is 0 Å². The molecule has 2 saturated heterocycles. The molecule has 0 aromatic rings. The van der Waals surface area contributed by atoms with Crippen molar-refractivity contribution >= 4 is 30.7 Å². The summed E-state index contributed by atoms with van der Waals surface area (Å²) in [6.45, 7) is 5.63. The van der Waals surface area contributed by atoms with Gasteiger partial charge in [0.1, 0.15) is 0 Å². The van der Waals surface area contributed by atoms with Crippen LogP contribution in [-0.2, 0) is 9.53 Å². The first-order valence-corrected chi connectivity index (χ1v) is 8.94. The van der Waals surface area contributed by atoms with Crippen LogP contribution in [0, 0.1) is 17.8 Å². The molecule has 2 heterocycles. The monoisotopic (exact) mass is 381 g/mol. The van der Waals surface area contributed by atoms with Gasteiger partial charge in [-0.1, -0.05) is 0 Å². The second-order valence-electron chi connectivity index (χ2n) is 7.58. The average molecular weight is 382 g/mol. The minimum absolute atomic E-state index is 0. The molecule has 1 saturated carbocycles. The molecule has 2 atom stereocenters. The number of hydrogen-bond acceptors (Lipinski definition) is 4. The fourth-order valence-electron chi connectivity index (χ4n) is 3.93. The Bertz CT molecular complexity index is 390. The van der Waals surface area contributed by atoms with E-state index in [1.807, 2.05) is 4.90 Å². The highest BCUT2D eigenvalue weighted by atomic mass is 35.5. The first kappa shape index (κ1) is 22.0. The molecule has 2 unspecified atom stereocenters. The van der Waals surface area contributed by atoms with Crippen LogP contribution in [-0.4, -0.2) is 68.2 Å². The van der Waals surface area contributed by atoms with Gasteiger partial charge < -0.3 is 20.3 Å². The van der Waals surface area contributed by atoms with Gasteiger partial charge in [-0.05, 0) is 56.9 Å². The van der Waals surface area contributed by atoms with E-state index in [9.17, 15) is 4.79 Å². The van der Waals surface area contributed by atoms with Crippen molar-refractivity contribution in [1.82, 2.24) is 9.80 Å². The average Bonchev–Trinajstić information content (AvgIpc) is 3.22. The van der Waals surface area contributed by atoms with Crippen molar-refractivity contribution in [1.29, 1.82) is 0 Å². The zero-order valence-corrected chi connectivity index (χ0v) is 16.3. The summed E-state index contributed by atoms with van der Waals surface area (Å²) in [6.07, 6.45) is 5.78. The smallest absolute Gasteiger partial charge is 0.239 e. The van der Waals surface area contributed by atoms with E-state index >= 15 is 0 Å². The van der Waals surface area contributed by atoms with Gasteiger partial charge in [-0.3, -0.25) is 4.79 Å². The first-order chi connectivity index (χ1) is 10.6. The molecule has 0 radical (unpaired) electrons. The van der Waals surface area contributed by atoms with Crippen LogP contribution in [0.3, 0.4) is 0 Å². The van der Waals surface area contributed by atoms with Gasteiger partial charge in [0, 0.05) is 39.4 Å². The molecule has 0 aromatic heterocycles.